The molecule has 104 valence electrons. The molecule has 0 aliphatic heterocycles. The number of hydrogen-bond acceptors (Lipinski definition) is 5. The Morgan fingerprint density at radius 1 is 1.58 bits per heavy atom. The minimum absolute atomic E-state index is 0.0838. The average Bonchev–Trinajstić information content (AvgIpc) is 3.18. The van der Waals surface area contributed by atoms with Crippen molar-refractivity contribution in [2.24, 2.45) is 5.41 Å². The maximum atomic E-state index is 11.3. The van der Waals surface area contributed by atoms with Gasteiger partial charge in [0.15, 0.2) is 0 Å². The van der Waals surface area contributed by atoms with Gasteiger partial charge in [-0.2, -0.15) is 11.8 Å². The molecule has 0 unspecified atom stereocenters. The van der Waals surface area contributed by atoms with Crippen LogP contribution in [0.5, 0.6) is 0 Å². The van der Waals surface area contributed by atoms with E-state index < -0.39 is 0 Å². The topological polar surface area (TPSA) is 51.2 Å². The summed E-state index contributed by atoms with van der Waals surface area (Å²) in [4.78, 5) is 15.5. The van der Waals surface area contributed by atoms with Gasteiger partial charge in [0.25, 0.3) is 0 Å². The molecule has 0 amide bonds. The Balaban J connectivity index is 1.78. The van der Waals surface area contributed by atoms with Crippen LogP contribution in [0, 0.1) is 5.41 Å². The Hall–Kier alpha value is -1.23. The molecule has 2 rings (SSSR count). The number of ether oxygens (including phenoxy) is 1. The normalized spacial score (nSPS) is 15.9. The maximum Gasteiger partial charge on any atom is 0.306 e. The van der Waals surface area contributed by atoms with Gasteiger partial charge in [-0.1, -0.05) is 0 Å². The van der Waals surface area contributed by atoms with E-state index in [9.17, 15) is 4.79 Å². The zero-order valence-corrected chi connectivity index (χ0v) is 12.3. The van der Waals surface area contributed by atoms with Crippen molar-refractivity contribution in [1.82, 2.24) is 4.98 Å². The number of pyridine rings is 1. The molecule has 1 fully saturated rings. The quantitative estimate of drug-likeness (QED) is 0.778. The first-order valence-electron chi connectivity index (χ1n) is 6.45. The van der Waals surface area contributed by atoms with Gasteiger partial charge in [-0.3, -0.25) is 4.79 Å². The number of esters is 1. The van der Waals surface area contributed by atoms with Crippen molar-refractivity contribution in [3.8, 4) is 0 Å². The van der Waals surface area contributed by atoms with E-state index in [-0.39, 0.29) is 11.4 Å². The number of thioether (sulfide) groups is 1. The van der Waals surface area contributed by atoms with Crippen LogP contribution < -0.4 is 5.32 Å². The summed E-state index contributed by atoms with van der Waals surface area (Å²) >= 11 is 1.88. The lowest BCUT2D eigenvalue weighted by molar-refractivity contribution is -0.141. The molecule has 1 saturated carbocycles. The number of aromatic nitrogens is 1. The molecule has 0 saturated heterocycles. The first-order valence-corrected chi connectivity index (χ1v) is 7.60. The van der Waals surface area contributed by atoms with Crippen LogP contribution in [0.1, 0.15) is 24.8 Å². The number of carbonyl (C=O) groups is 1. The monoisotopic (exact) mass is 280 g/mol. The maximum absolute atomic E-state index is 11.3. The molecular formula is C14H20N2O2S. The highest BCUT2D eigenvalue weighted by molar-refractivity contribution is 7.98. The van der Waals surface area contributed by atoms with Gasteiger partial charge in [0, 0.05) is 19.0 Å². The Labute approximate surface area is 118 Å². The van der Waals surface area contributed by atoms with Gasteiger partial charge in [0.2, 0.25) is 0 Å². The average molecular weight is 280 g/mol. The summed E-state index contributed by atoms with van der Waals surface area (Å²) < 4.78 is 4.76. The second-order valence-corrected chi connectivity index (χ2v) is 6.03. The fraction of sp³-hybridized carbons (Fsp3) is 0.571. The number of nitrogens with zero attached hydrogens (tertiary/aromatic N) is 1. The number of rotatable bonds is 7. The molecule has 19 heavy (non-hydrogen) atoms. The zero-order valence-electron chi connectivity index (χ0n) is 11.4. The molecule has 0 atom stereocenters. The summed E-state index contributed by atoms with van der Waals surface area (Å²) in [5, 5.41) is 3.04. The van der Waals surface area contributed by atoms with Crippen molar-refractivity contribution in [2.45, 2.75) is 25.0 Å². The van der Waals surface area contributed by atoms with E-state index in [1.165, 1.54) is 12.7 Å². The predicted molar refractivity (Wildman–Crippen MR) is 78.2 cm³/mol. The molecule has 1 N–H and O–H groups in total. The minimum Gasteiger partial charge on any atom is -0.469 e. The van der Waals surface area contributed by atoms with Crippen molar-refractivity contribution >= 4 is 23.5 Å². The van der Waals surface area contributed by atoms with Crippen molar-refractivity contribution in [1.29, 1.82) is 0 Å². The van der Waals surface area contributed by atoms with Crippen LogP contribution >= 0.6 is 11.8 Å². The van der Waals surface area contributed by atoms with Gasteiger partial charge in [-0.25, -0.2) is 4.98 Å². The molecule has 1 aromatic rings. The highest BCUT2D eigenvalue weighted by Crippen LogP contribution is 2.51. The molecule has 0 aromatic carbocycles. The van der Waals surface area contributed by atoms with Gasteiger partial charge < -0.3 is 10.1 Å². The fourth-order valence-corrected chi connectivity index (χ4v) is 3.35. The lowest BCUT2D eigenvalue weighted by Crippen LogP contribution is -2.13. The standard InChI is InChI=1S/C14H20N2O2S/c1-15-12-7-11(3-6-16-12)9-19-10-14(4-5-14)8-13(17)18-2/h3,6-7H,4-5,8-10H2,1-2H3,(H,15,16). The second kappa shape index (κ2) is 6.28. The predicted octanol–water partition coefficient (Wildman–Crippen LogP) is 2.70. The zero-order chi connectivity index (χ0) is 13.7. The molecule has 5 heteroatoms. The van der Waals surface area contributed by atoms with E-state index in [1.807, 2.05) is 31.1 Å². The van der Waals surface area contributed by atoms with Gasteiger partial charge in [-0.15, -0.1) is 0 Å². The van der Waals surface area contributed by atoms with Gasteiger partial charge in [0.05, 0.1) is 13.5 Å². The number of nitrogens with one attached hydrogen (secondary N) is 1. The Morgan fingerprint density at radius 3 is 3.00 bits per heavy atom. The molecule has 1 heterocycles. The fourth-order valence-electron chi connectivity index (χ4n) is 2.01. The smallest absolute Gasteiger partial charge is 0.306 e. The van der Waals surface area contributed by atoms with Crippen molar-refractivity contribution in [2.75, 3.05) is 25.2 Å². The summed E-state index contributed by atoms with van der Waals surface area (Å²) in [6.07, 6.45) is 4.68. The molecule has 4 nitrogen and oxygen atoms in total. The third-order valence-electron chi connectivity index (χ3n) is 3.46. The third-order valence-corrected chi connectivity index (χ3v) is 4.82. The molecule has 0 bridgehead atoms. The summed E-state index contributed by atoms with van der Waals surface area (Å²) in [5.41, 5.74) is 1.47. The Kier molecular flexibility index (Phi) is 4.69. The van der Waals surface area contributed by atoms with Crippen molar-refractivity contribution < 1.29 is 9.53 Å². The summed E-state index contributed by atoms with van der Waals surface area (Å²) in [6, 6.07) is 4.10. The van der Waals surface area contributed by atoms with E-state index >= 15 is 0 Å². The van der Waals surface area contributed by atoms with E-state index in [2.05, 4.69) is 16.4 Å². The molecule has 0 radical (unpaired) electrons. The Morgan fingerprint density at radius 2 is 2.37 bits per heavy atom. The SMILES string of the molecule is CNc1cc(CSCC2(CC(=O)OC)CC2)ccn1. The van der Waals surface area contributed by atoms with Gasteiger partial charge >= 0.3 is 5.97 Å². The van der Waals surface area contributed by atoms with E-state index in [1.54, 1.807) is 0 Å². The van der Waals surface area contributed by atoms with Crippen LogP contribution in [-0.4, -0.2) is 30.9 Å². The Bertz CT molecular complexity index is 447. The number of anilines is 1. The summed E-state index contributed by atoms with van der Waals surface area (Å²) in [5.74, 6) is 2.80. The largest absolute Gasteiger partial charge is 0.469 e. The first-order chi connectivity index (χ1) is 9.17. The van der Waals surface area contributed by atoms with E-state index in [4.69, 9.17) is 4.74 Å². The number of hydrogen-bond donors (Lipinski definition) is 1. The van der Waals surface area contributed by atoms with Crippen LogP contribution in [0.4, 0.5) is 5.82 Å². The third kappa shape index (κ3) is 4.13. The van der Waals surface area contributed by atoms with Crippen molar-refractivity contribution in [3.63, 3.8) is 0 Å². The second-order valence-electron chi connectivity index (χ2n) is 5.05. The highest BCUT2D eigenvalue weighted by Gasteiger charge is 2.44. The number of carbonyl (C=O) groups excluding carboxylic acids is 1. The van der Waals surface area contributed by atoms with Crippen LogP contribution in [0.2, 0.25) is 0 Å². The molecule has 1 aliphatic rings. The van der Waals surface area contributed by atoms with Crippen LogP contribution in [0.3, 0.4) is 0 Å². The lowest BCUT2D eigenvalue weighted by Gasteiger charge is -2.13. The first kappa shape index (κ1) is 14.2. The molecule has 0 spiro atoms. The molecule has 1 aliphatic carbocycles. The van der Waals surface area contributed by atoms with Gasteiger partial charge in [0.1, 0.15) is 5.82 Å². The summed E-state index contributed by atoms with van der Waals surface area (Å²) in [6.45, 7) is 0. The summed E-state index contributed by atoms with van der Waals surface area (Å²) in [7, 11) is 3.33. The van der Waals surface area contributed by atoms with E-state index in [0.717, 1.165) is 30.2 Å². The van der Waals surface area contributed by atoms with Crippen LogP contribution in [-0.2, 0) is 15.3 Å². The van der Waals surface area contributed by atoms with Crippen LogP contribution in [0.25, 0.3) is 0 Å². The number of methoxy groups -OCH3 is 1. The molecular weight excluding hydrogens is 260 g/mol. The van der Waals surface area contributed by atoms with Crippen LogP contribution in [0.15, 0.2) is 18.3 Å². The molecule has 1 aromatic heterocycles. The highest BCUT2D eigenvalue weighted by atomic mass is 32.2. The minimum atomic E-state index is -0.0838. The van der Waals surface area contributed by atoms with Crippen molar-refractivity contribution in [3.05, 3.63) is 23.9 Å². The van der Waals surface area contributed by atoms with Gasteiger partial charge in [-0.05, 0) is 41.7 Å². The lowest BCUT2D eigenvalue weighted by atomic mass is 10.1. The van der Waals surface area contributed by atoms with E-state index in [0.29, 0.717) is 6.42 Å².